The summed E-state index contributed by atoms with van der Waals surface area (Å²) in [7, 11) is -0.638. The summed E-state index contributed by atoms with van der Waals surface area (Å²) in [6.07, 6.45) is -6.25. The van der Waals surface area contributed by atoms with Crippen molar-refractivity contribution in [3.63, 3.8) is 0 Å². The largest absolute Gasteiger partial charge is 0.391 e. The van der Waals surface area contributed by atoms with Gasteiger partial charge in [-0.25, -0.2) is 4.39 Å². The summed E-state index contributed by atoms with van der Waals surface area (Å²) < 4.78 is 24.9. The highest BCUT2D eigenvalue weighted by Crippen LogP contribution is 2.31. The normalized spacial score (nSPS) is 39.1. The van der Waals surface area contributed by atoms with Crippen molar-refractivity contribution in [1.29, 1.82) is 0 Å². The number of aliphatic hydroxyl groups is 5. The van der Waals surface area contributed by atoms with E-state index >= 15 is 0 Å². The van der Waals surface area contributed by atoms with Crippen molar-refractivity contribution < 1.29 is 39.4 Å². The SMILES string of the molecule is OC[C@@H]1[C@@H](O)[C@H](O)C[S+]1C[C@@H](O)[C@H]1OC(c2ccccc2F)OC[C@H]1O. The van der Waals surface area contributed by atoms with Crippen LogP contribution >= 0.6 is 0 Å². The lowest BCUT2D eigenvalue weighted by atomic mass is 10.1. The zero-order valence-corrected chi connectivity index (χ0v) is 14.8. The van der Waals surface area contributed by atoms with E-state index in [1.807, 2.05) is 0 Å². The second-order valence-electron chi connectivity index (χ2n) is 6.57. The Morgan fingerprint density at radius 3 is 2.62 bits per heavy atom. The zero-order chi connectivity index (χ0) is 18.8. The van der Waals surface area contributed by atoms with Crippen molar-refractivity contribution in [3.8, 4) is 0 Å². The van der Waals surface area contributed by atoms with Gasteiger partial charge in [0.15, 0.2) is 11.5 Å². The highest BCUT2D eigenvalue weighted by atomic mass is 32.2. The summed E-state index contributed by atoms with van der Waals surface area (Å²) in [6, 6.07) is 5.95. The van der Waals surface area contributed by atoms with Gasteiger partial charge >= 0.3 is 0 Å². The maximum Gasteiger partial charge on any atom is 0.187 e. The summed E-state index contributed by atoms with van der Waals surface area (Å²) >= 11 is 0. The lowest BCUT2D eigenvalue weighted by Crippen LogP contribution is -2.50. The first-order valence-electron chi connectivity index (χ1n) is 8.43. The predicted octanol–water partition coefficient (Wildman–Crippen LogP) is -1.32. The van der Waals surface area contributed by atoms with Crippen molar-refractivity contribution in [1.82, 2.24) is 0 Å². The molecule has 2 aliphatic heterocycles. The molecule has 1 aromatic rings. The van der Waals surface area contributed by atoms with E-state index in [4.69, 9.17) is 9.47 Å². The van der Waals surface area contributed by atoms with Gasteiger partial charge in [-0.1, -0.05) is 18.2 Å². The molecular formula is C17H24FO7S+. The monoisotopic (exact) mass is 391 g/mol. The number of rotatable bonds is 5. The maximum absolute atomic E-state index is 13.9. The number of aliphatic hydroxyl groups excluding tert-OH is 5. The van der Waals surface area contributed by atoms with E-state index in [-0.39, 0.29) is 30.3 Å². The predicted molar refractivity (Wildman–Crippen MR) is 92.0 cm³/mol. The Hall–Kier alpha value is -0.780. The van der Waals surface area contributed by atoms with E-state index < -0.39 is 58.8 Å². The summed E-state index contributed by atoms with van der Waals surface area (Å²) in [6.45, 7) is -0.424. The molecule has 2 heterocycles. The van der Waals surface area contributed by atoms with Gasteiger partial charge in [-0.2, -0.15) is 0 Å². The number of benzene rings is 1. The summed E-state index contributed by atoms with van der Waals surface area (Å²) in [5, 5.41) is 49.3. The van der Waals surface area contributed by atoms with Gasteiger partial charge in [0, 0.05) is 16.5 Å². The van der Waals surface area contributed by atoms with Gasteiger partial charge in [0.2, 0.25) is 0 Å². The van der Waals surface area contributed by atoms with Crippen LogP contribution in [-0.4, -0.2) is 86.0 Å². The smallest absolute Gasteiger partial charge is 0.187 e. The minimum Gasteiger partial charge on any atom is -0.391 e. The molecule has 2 unspecified atom stereocenters. The van der Waals surface area contributed by atoms with E-state index in [1.165, 1.54) is 18.2 Å². The summed E-state index contributed by atoms with van der Waals surface area (Å²) in [5.41, 5.74) is 0.180. The fourth-order valence-corrected chi connectivity index (χ4v) is 6.02. The minimum atomic E-state index is -1.11. The standard InChI is InChI=1S/C17H24FO7S/c18-10-4-2-1-3-9(10)17-24-6-11(20)16(25-17)13(22)8-26-7-12(21)15(23)14(26)5-19/h1-4,11-17,19-23H,5-8H2/q+1/t11-,12-,13-,14-,15+,16+,17?,26?/m1/s1. The van der Waals surface area contributed by atoms with Crippen LogP contribution < -0.4 is 0 Å². The maximum atomic E-state index is 13.9. The first-order valence-corrected chi connectivity index (χ1v) is 10.1. The third kappa shape index (κ3) is 4.05. The molecule has 0 bridgehead atoms. The van der Waals surface area contributed by atoms with Crippen LogP contribution in [0.4, 0.5) is 4.39 Å². The summed E-state index contributed by atoms with van der Waals surface area (Å²) in [4.78, 5) is 0. The van der Waals surface area contributed by atoms with E-state index in [9.17, 15) is 29.9 Å². The molecular weight excluding hydrogens is 367 g/mol. The molecule has 2 saturated heterocycles. The van der Waals surface area contributed by atoms with Crippen LogP contribution in [0.5, 0.6) is 0 Å². The molecule has 0 aliphatic carbocycles. The number of hydrogen-bond acceptors (Lipinski definition) is 7. The topological polar surface area (TPSA) is 120 Å². The molecule has 0 radical (unpaired) electrons. The Morgan fingerprint density at radius 1 is 1.19 bits per heavy atom. The highest BCUT2D eigenvalue weighted by Gasteiger charge is 2.51. The molecule has 146 valence electrons. The molecule has 0 amide bonds. The molecule has 2 fully saturated rings. The van der Waals surface area contributed by atoms with Crippen LogP contribution in [0.15, 0.2) is 24.3 Å². The second kappa shape index (κ2) is 8.49. The lowest BCUT2D eigenvalue weighted by molar-refractivity contribution is -0.274. The zero-order valence-electron chi connectivity index (χ0n) is 14.0. The van der Waals surface area contributed by atoms with Crippen LogP contribution in [-0.2, 0) is 20.4 Å². The van der Waals surface area contributed by atoms with Gasteiger partial charge < -0.3 is 35.0 Å². The number of halogens is 1. The molecule has 8 atom stereocenters. The third-order valence-corrected chi connectivity index (χ3v) is 7.59. The molecule has 3 rings (SSSR count). The first kappa shape index (κ1) is 20.0. The Morgan fingerprint density at radius 2 is 1.92 bits per heavy atom. The molecule has 1 aromatic carbocycles. The van der Waals surface area contributed by atoms with Gasteiger partial charge in [0.05, 0.1) is 13.2 Å². The van der Waals surface area contributed by atoms with Crippen LogP contribution in [0.25, 0.3) is 0 Å². The average Bonchev–Trinajstić information content (AvgIpc) is 2.89. The van der Waals surface area contributed by atoms with E-state index in [1.54, 1.807) is 6.07 Å². The van der Waals surface area contributed by atoms with E-state index in [2.05, 4.69) is 0 Å². The van der Waals surface area contributed by atoms with Crippen molar-refractivity contribution in [3.05, 3.63) is 35.6 Å². The molecule has 0 aromatic heterocycles. The highest BCUT2D eigenvalue weighted by molar-refractivity contribution is 7.97. The fourth-order valence-electron chi connectivity index (χ4n) is 3.34. The van der Waals surface area contributed by atoms with Gasteiger partial charge in [-0.05, 0) is 6.07 Å². The quantitative estimate of drug-likeness (QED) is 0.395. The van der Waals surface area contributed by atoms with Crippen molar-refractivity contribution >= 4 is 10.9 Å². The van der Waals surface area contributed by atoms with Crippen LogP contribution in [0.3, 0.4) is 0 Å². The third-order valence-electron chi connectivity index (χ3n) is 4.77. The average molecular weight is 391 g/mol. The molecule has 5 N–H and O–H groups in total. The molecule has 0 spiro atoms. The van der Waals surface area contributed by atoms with Crippen LogP contribution in [0, 0.1) is 5.82 Å². The second-order valence-corrected chi connectivity index (χ2v) is 8.92. The van der Waals surface area contributed by atoms with Crippen LogP contribution in [0.1, 0.15) is 11.9 Å². The Kier molecular flexibility index (Phi) is 6.52. The molecule has 9 heteroatoms. The Bertz CT molecular complexity index is 606. The Balaban J connectivity index is 1.68. The van der Waals surface area contributed by atoms with E-state index in [0.717, 1.165) is 0 Å². The minimum absolute atomic E-state index is 0.122. The van der Waals surface area contributed by atoms with Gasteiger partial charge in [0.25, 0.3) is 0 Å². The van der Waals surface area contributed by atoms with E-state index in [0.29, 0.717) is 0 Å². The van der Waals surface area contributed by atoms with Crippen molar-refractivity contribution in [2.75, 3.05) is 24.7 Å². The van der Waals surface area contributed by atoms with Gasteiger partial charge in [-0.3, -0.25) is 0 Å². The van der Waals surface area contributed by atoms with Gasteiger partial charge in [0.1, 0.15) is 47.8 Å². The van der Waals surface area contributed by atoms with Crippen LogP contribution in [0.2, 0.25) is 0 Å². The summed E-state index contributed by atoms with van der Waals surface area (Å²) in [5.74, 6) is -0.101. The molecule has 0 saturated carbocycles. The fraction of sp³-hybridized carbons (Fsp3) is 0.647. The number of hydrogen-bond donors (Lipinski definition) is 5. The van der Waals surface area contributed by atoms with Crippen molar-refractivity contribution in [2.45, 2.75) is 42.1 Å². The lowest BCUT2D eigenvalue weighted by Gasteiger charge is -2.36. The molecule has 2 aliphatic rings. The number of ether oxygens (including phenoxy) is 2. The molecule has 7 nitrogen and oxygen atoms in total. The first-order chi connectivity index (χ1) is 12.4. The molecule has 26 heavy (non-hydrogen) atoms. The van der Waals surface area contributed by atoms with Crippen molar-refractivity contribution in [2.24, 2.45) is 0 Å². The van der Waals surface area contributed by atoms with Gasteiger partial charge in [-0.15, -0.1) is 0 Å². The Labute approximate surface area is 153 Å².